The number of ether oxygens (including phenoxy) is 3. The first-order chi connectivity index (χ1) is 16.1. The van der Waals surface area contributed by atoms with Gasteiger partial charge in [0.15, 0.2) is 0 Å². The molecule has 0 aliphatic carbocycles. The van der Waals surface area contributed by atoms with Crippen molar-refractivity contribution >= 4 is 11.6 Å². The summed E-state index contributed by atoms with van der Waals surface area (Å²) in [5, 5.41) is 7.39. The van der Waals surface area contributed by atoms with Crippen molar-refractivity contribution in [2.75, 3.05) is 19.8 Å². The Kier molecular flexibility index (Phi) is 5.75. The van der Waals surface area contributed by atoms with Crippen molar-refractivity contribution in [1.29, 1.82) is 5.41 Å². The van der Waals surface area contributed by atoms with E-state index < -0.39 is 5.95 Å². The molecule has 0 radical (unpaired) electrons. The molecule has 2 aromatic heterocycles. The summed E-state index contributed by atoms with van der Waals surface area (Å²) in [5.74, 6) is 0.726. The number of benzene rings is 1. The number of nitrogens with two attached hydrogens (primary N) is 1. The van der Waals surface area contributed by atoms with Crippen LogP contribution in [0.15, 0.2) is 54.9 Å². The number of nitrogens with one attached hydrogen (secondary N) is 1. The number of pyridine rings is 2. The zero-order chi connectivity index (χ0) is 22.8. The van der Waals surface area contributed by atoms with Crippen LogP contribution in [0.4, 0.5) is 4.39 Å². The molecule has 1 aromatic carbocycles. The van der Waals surface area contributed by atoms with E-state index in [-0.39, 0.29) is 18.5 Å². The van der Waals surface area contributed by atoms with Crippen LogP contribution in [0.1, 0.15) is 35.6 Å². The van der Waals surface area contributed by atoms with Crippen LogP contribution in [0.25, 0.3) is 16.7 Å². The van der Waals surface area contributed by atoms with Crippen molar-refractivity contribution in [2.24, 2.45) is 5.73 Å². The van der Waals surface area contributed by atoms with Gasteiger partial charge in [0, 0.05) is 28.8 Å². The molecule has 0 fully saturated rings. The molecule has 1 atom stereocenters. The second kappa shape index (κ2) is 8.99. The van der Waals surface area contributed by atoms with Crippen LogP contribution in [0, 0.1) is 11.4 Å². The second-order valence-electron chi connectivity index (χ2n) is 7.91. The molecular weight excluding hydrogens is 423 g/mol. The van der Waals surface area contributed by atoms with E-state index in [1.54, 1.807) is 18.3 Å². The molecule has 0 amide bonds. The van der Waals surface area contributed by atoms with E-state index in [2.05, 4.69) is 9.97 Å². The quantitative estimate of drug-likeness (QED) is 0.337. The molecule has 0 unspecified atom stereocenters. The van der Waals surface area contributed by atoms with Crippen LogP contribution in [0.2, 0.25) is 0 Å². The first kappa shape index (κ1) is 21.1. The van der Waals surface area contributed by atoms with Crippen molar-refractivity contribution < 1.29 is 18.6 Å². The topological polar surface area (TPSA) is 103 Å². The van der Waals surface area contributed by atoms with Gasteiger partial charge in [0.2, 0.25) is 5.95 Å². The molecule has 7 nitrogen and oxygen atoms in total. The third-order valence-electron chi connectivity index (χ3n) is 5.90. The Morgan fingerprint density at radius 3 is 2.85 bits per heavy atom. The predicted molar refractivity (Wildman–Crippen MR) is 122 cm³/mol. The van der Waals surface area contributed by atoms with Gasteiger partial charge in [0.05, 0.1) is 31.7 Å². The summed E-state index contributed by atoms with van der Waals surface area (Å²) in [6, 6.07) is 10.7. The molecule has 168 valence electrons. The summed E-state index contributed by atoms with van der Waals surface area (Å²) in [6.45, 7) is 1.50. The zero-order valence-corrected chi connectivity index (χ0v) is 17.9. The number of fused-ring (bicyclic) bond motifs is 2. The number of hydrogen-bond donors (Lipinski definition) is 2. The fourth-order valence-corrected chi connectivity index (χ4v) is 4.32. The molecular formula is C25H23FN4O3. The third-order valence-corrected chi connectivity index (χ3v) is 5.90. The summed E-state index contributed by atoms with van der Waals surface area (Å²) in [5.41, 5.74) is 10.4. The molecule has 3 N–H and O–H groups in total. The number of rotatable bonds is 5. The fourth-order valence-electron chi connectivity index (χ4n) is 4.32. The van der Waals surface area contributed by atoms with Gasteiger partial charge in [0.25, 0.3) is 6.02 Å². The highest BCUT2D eigenvalue weighted by molar-refractivity contribution is 5.70. The van der Waals surface area contributed by atoms with Gasteiger partial charge in [-0.15, -0.1) is 0 Å². The van der Waals surface area contributed by atoms with Crippen LogP contribution in [-0.4, -0.2) is 35.8 Å². The van der Waals surface area contributed by atoms with E-state index >= 15 is 0 Å². The first-order valence-corrected chi connectivity index (χ1v) is 10.8. The van der Waals surface area contributed by atoms with Crippen molar-refractivity contribution in [3.8, 4) is 22.6 Å². The smallest absolute Gasteiger partial charge is 0.278 e. The number of amidine groups is 1. The van der Waals surface area contributed by atoms with Crippen LogP contribution >= 0.6 is 0 Å². The summed E-state index contributed by atoms with van der Waals surface area (Å²) in [6.07, 6.45) is 6.59. The van der Waals surface area contributed by atoms with Gasteiger partial charge in [-0.3, -0.25) is 10.4 Å². The number of halogens is 1. The summed E-state index contributed by atoms with van der Waals surface area (Å²) < 4.78 is 31.2. The lowest BCUT2D eigenvalue weighted by molar-refractivity contribution is 0.161. The van der Waals surface area contributed by atoms with Crippen molar-refractivity contribution in [3.63, 3.8) is 0 Å². The van der Waals surface area contributed by atoms with Crippen molar-refractivity contribution in [3.05, 3.63) is 77.6 Å². The molecule has 0 saturated heterocycles. The van der Waals surface area contributed by atoms with Gasteiger partial charge in [-0.1, -0.05) is 12.1 Å². The van der Waals surface area contributed by atoms with E-state index in [1.165, 1.54) is 6.20 Å². The van der Waals surface area contributed by atoms with Crippen molar-refractivity contribution in [1.82, 2.24) is 9.97 Å². The Hall–Kier alpha value is -3.78. The SMILES string of the molecule is N=C(N)OCC[C@@H]1c2cc(-c3cccnc3F)ccc2Oc2cnc(C3=CCOCC3)cc21. The van der Waals surface area contributed by atoms with Gasteiger partial charge in [0.1, 0.15) is 11.5 Å². The molecule has 2 aliphatic rings. The average Bonchev–Trinajstić information content (AvgIpc) is 2.84. The number of aromatic nitrogens is 2. The highest BCUT2D eigenvalue weighted by Gasteiger charge is 2.29. The number of hydrogen-bond acceptors (Lipinski definition) is 6. The fraction of sp³-hybridized carbons (Fsp3) is 0.240. The molecule has 5 rings (SSSR count). The maximum Gasteiger partial charge on any atom is 0.278 e. The van der Waals surface area contributed by atoms with Crippen LogP contribution < -0.4 is 10.5 Å². The summed E-state index contributed by atoms with van der Waals surface area (Å²) in [7, 11) is 0. The monoisotopic (exact) mass is 446 g/mol. The Morgan fingerprint density at radius 1 is 1.18 bits per heavy atom. The van der Waals surface area contributed by atoms with Gasteiger partial charge in [-0.25, -0.2) is 4.98 Å². The lowest BCUT2D eigenvalue weighted by Gasteiger charge is -2.29. The minimum atomic E-state index is -0.524. The standard InChI is InChI=1S/C25H23FN4O3/c26-24-17(2-1-8-29-24)16-3-4-22-19(12-16)18(7-11-32-25(27)28)20-13-21(30-14-23(20)33-22)15-5-9-31-10-6-15/h1-5,8,12-14,18H,6-7,9-11H2,(H3,27,28)/t18-/m1/s1. The largest absolute Gasteiger partial charge is 0.466 e. The van der Waals surface area contributed by atoms with Gasteiger partial charge < -0.3 is 19.9 Å². The second-order valence-corrected chi connectivity index (χ2v) is 7.91. The average molecular weight is 446 g/mol. The molecule has 3 aromatic rings. The number of nitrogens with zero attached hydrogens (tertiary/aromatic N) is 2. The van der Waals surface area contributed by atoms with E-state index in [4.69, 9.17) is 25.4 Å². The summed E-state index contributed by atoms with van der Waals surface area (Å²) in [4.78, 5) is 8.39. The van der Waals surface area contributed by atoms with E-state index in [0.29, 0.717) is 42.3 Å². The molecule has 4 heterocycles. The minimum absolute atomic E-state index is 0.107. The lowest BCUT2D eigenvalue weighted by Crippen LogP contribution is -2.18. The summed E-state index contributed by atoms with van der Waals surface area (Å²) >= 11 is 0. The Morgan fingerprint density at radius 2 is 2.06 bits per heavy atom. The minimum Gasteiger partial charge on any atom is -0.466 e. The van der Waals surface area contributed by atoms with Crippen LogP contribution in [0.3, 0.4) is 0 Å². The van der Waals surface area contributed by atoms with Crippen molar-refractivity contribution in [2.45, 2.75) is 18.8 Å². The van der Waals surface area contributed by atoms with E-state index in [1.807, 2.05) is 30.3 Å². The zero-order valence-electron chi connectivity index (χ0n) is 17.9. The third kappa shape index (κ3) is 4.29. The molecule has 0 bridgehead atoms. The van der Waals surface area contributed by atoms with E-state index in [0.717, 1.165) is 28.8 Å². The Labute approximate surface area is 190 Å². The molecule has 0 saturated carbocycles. The van der Waals surface area contributed by atoms with Gasteiger partial charge in [-0.2, -0.15) is 4.39 Å². The Bertz CT molecular complexity index is 1240. The van der Waals surface area contributed by atoms with Gasteiger partial charge in [-0.05, 0) is 54.3 Å². The lowest BCUT2D eigenvalue weighted by atomic mass is 9.84. The maximum atomic E-state index is 14.4. The predicted octanol–water partition coefficient (Wildman–Crippen LogP) is 4.62. The maximum absolute atomic E-state index is 14.4. The molecule has 0 spiro atoms. The van der Waals surface area contributed by atoms with Gasteiger partial charge >= 0.3 is 0 Å². The Balaban J connectivity index is 1.57. The van der Waals surface area contributed by atoms with Crippen LogP contribution in [0.5, 0.6) is 11.5 Å². The molecule has 33 heavy (non-hydrogen) atoms. The van der Waals surface area contributed by atoms with Crippen LogP contribution in [-0.2, 0) is 9.47 Å². The normalized spacial score (nSPS) is 16.8. The van der Waals surface area contributed by atoms with E-state index in [9.17, 15) is 4.39 Å². The highest BCUT2D eigenvalue weighted by Crippen LogP contribution is 2.47. The highest BCUT2D eigenvalue weighted by atomic mass is 19.1. The molecule has 2 aliphatic heterocycles. The first-order valence-electron chi connectivity index (χ1n) is 10.8. The molecule has 8 heteroatoms.